The fourth-order valence-corrected chi connectivity index (χ4v) is 2.87. The Balaban J connectivity index is 1.92. The fraction of sp³-hybridized carbons (Fsp3) is 0.632. The second-order valence-electron chi connectivity index (χ2n) is 7.94. The first-order chi connectivity index (χ1) is 11.1. The van der Waals surface area contributed by atoms with Crippen LogP contribution in [0, 0.1) is 5.82 Å². The van der Waals surface area contributed by atoms with Crippen molar-refractivity contribution in [2.45, 2.75) is 32.7 Å². The van der Waals surface area contributed by atoms with Crippen molar-refractivity contribution in [3.8, 4) is 0 Å². The maximum Gasteiger partial charge on any atom is 0.236 e. The molecule has 0 radical (unpaired) electrons. The van der Waals surface area contributed by atoms with Gasteiger partial charge in [0.15, 0.2) is 0 Å². The monoisotopic (exact) mass is 335 g/mol. The van der Waals surface area contributed by atoms with Crippen LogP contribution < -0.4 is 0 Å². The van der Waals surface area contributed by atoms with Crippen LogP contribution in [0.25, 0.3) is 0 Å². The number of halogens is 1. The molecule has 0 atom stereocenters. The highest BCUT2D eigenvalue weighted by Crippen LogP contribution is 2.25. The summed E-state index contributed by atoms with van der Waals surface area (Å²) in [6.07, 6.45) is 0. The maximum atomic E-state index is 13.9. The molecule has 1 amide bonds. The predicted molar refractivity (Wildman–Crippen MR) is 95.5 cm³/mol. The van der Waals surface area contributed by atoms with Crippen LogP contribution in [0.1, 0.15) is 31.9 Å². The highest BCUT2D eigenvalue weighted by Gasteiger charge is 2.21. The molecule has 2 rings (SSSR count). The quantitative estimate of drug-likeness (QED) is 0.845. The van der Waals surface area contributed by atoms with Crippen LogP contribution in [0.3, 0.4) is 0 Å². The van der Waals surface area contributed by atoms with E-state index < -0.39 is 0 Å². The summed E-state index contributed by atoms with van der Waals surface area (Å²) in [5.74, 6) is -0.0176. The molecule has 4 nitrogen and oxygen atoms in total. The van der Waals surface area contributed by atoms with E-state index in [1.165, 1.54) is 0 Å². The summed E-state index contributed by atoms with van der Waals surface area (Å²) in [4.78, 5) is 17.9. The molecule has 0 aliphatic carbocycles. The largest absolute Gasteiger partial charge is 0.348 e. The third-order valence-electron chi connectivity index (χ3n) is 4.55. The van der Waals surface area contributed by atoms with Gasteiger partial charge >= 0.3 is 0 Å². The Morgan fingerprint density at radius 1 is 1.08 bits per heavy atom. The molecular formula is C19H30FN3O. The first kappa shape index (κ1) is 18.9. The Bertz CT molecular complexity index is 572. The second kappa shape index (κ2) is 7.62. The predicted octanol–water partition coefficient (Wildman–Crippen LogP) is 2.33. The topological polar surface area (TPSA) is 26.8 Å². The number of carbonyl (C=O) groups is 1. The van der Waals surface area contributed by atoms with Crippen molar-refractivity contribution in [2.24, 2.45) is 0 Å². The summed E-state index contributed by atoms with van der Waals surface area (Å²) >= 11 is 0. The van der Waals surface area contributed by atoms with Crippen LogP contribution in [0.15, 0.2) is 18.2 Å². The van der Waals surface area contributed by atoms with Crippen molar-refractivity contribution < 1.29 is 9.18 Å². The molecule has 0 aromatic heterocycles. The van der Waals surface area contributed by atoms with E-state index in [9.17, 15) is 9.18 Å². The van der Waals surface area contributed by atoms with Gasteiger partial charge in [0.05, 0.1) is 6.54 Å². The number of amides is 1. The molecule has 0 N–H and O–H groups in total. The van der Waals surface area contributed by atoms with Gasteiger partial charge in [0, 0.05) is 46.8 Å². The SMILES string of the molecule is CN(C)C(=O)CN1CCN(Cc2cc(F)cc(C(C)(C)C)c2)CC1. The van der Waals surface area contributed by atoms with E-state index in [0.29, 0.717) is 6.54 Å². The number of hydrogen-bond donors (Lipinski definition) is 0. The van der Waals surface area contributed by atoms with Crippen molar-refractivity contribution in [3.63, 3.8) is 0 Å². The molecule has 1 fully saturated rings. The minimum atomic E-state index is -0.160. The molecule has 1 aromatic rings. The van der Waals surface area contributed by atoms with Gasteiger partial charge < -0.3 is 4.90 Å². The highest BCUT2D eigenvalue weighted by atomic mass is 19.1. The number of nitrogens with zero attached hydrogens (tertiary/aromatic N) is 3. The van der Waals surface area contributed by atoms with Crippen molar-refractivity contribution in [2.75, 3.05) is 46.8 Å². The van der Waals surface area contributed by atoms with E-state index in [-0.39, 0.29) is 17.1 Å². The number of hydrogen-bond acceptors (Lipinski definition) is 3. The molecule has 1 aliphatic heterocycles. The lowest BCUT2D eigenvalue weighted by Crippen LogP contribution is -2.48. The van der Waals surface area contributed by atoms with Gasteiger partial charge in [0.2, 0.25) is 5.91 Å². The number of rotatable bonds is 4. The number of benzene rings is 1. The maximum absolute atomic E-state index is 13.9. The molecule has 134 valence electrons. The highest BCUT2D eigenvalue weighted by molar-refractivity contribution is 5.77. The van der Waals surface area contributed by atoms with Gasteiger partial charge in [-0.05, 0) is 28.7 Å². The molecule has 0 spiro atoms. The Hall–Kier alpha value is -1.46. The van der Waals surface area contributed by atoms with Gasteiger partial charge in [-0.2, -0.15) is 0 Å². The van der Waals surface area contributed by atoms with Gasteiger partial charge in [-0.25, -0.2) is 4.39 Å². The van der Waals surface area contributed by atoms with Crippen LogP contribution in [0.4, 0.5) is 4.39 Å². The van der Waals surface area contributed by atoms with E-state index >= 15 is 0 Å². The number of carbonyl (C=O) groups excluding carboxylic acids is 1. The lowest BCUT2D eigenvalue weighted by atomic mass is 9.86. The van der Waals surface area contributed by atoms with E-state index in [4.69, 9.17) is 0 Å². The molecular weight excluding hydrogens is 305 g/mol. The molecule has 0 unspecified atom stereocenters. The Morgan fingerprint density at radius 2 is 1.67 bits per heavy atom. The van der Waals surface area contributed by atoms with Gasteiger partial charge in [0.25, 0.3) is 0 Å². The molecule has 1 saturated heterocycles. The Kier molecular flexibility index (Phi) is 5.99. The zero-order valence-corrected chi connectivity index (χ0v) is 15.6. The summed E-state index contributed by atoms with van der Waals surface area (Å²) in [7, 11) is 3.57. The second-order valence-corrected chi connectivity index (χ2v) is 7.94. The van der Waals surface area contributed by atoms with E-state index in [1.807, 2.05) is 0 Å². The Labute approximate surface area is 145 Å². The number of piperazine rings is 1. The minimum absolute atomic E-state index is 0.0535. The normalized spacial score (nSPS) is 17.1. The Morgan fingerprint density at radius 3 is 2.21 bits per heavy atom. The van der Waals surface area contributed by atoms with Crippen LogP contribution in [0.5, 0.6) is 0 Å². The van der Waals surface area contributed by atoms with Crippen molar-refractivity contribution in [1.29, 1.82) is 0 Å². The van der Waals surface area contributed by atoms with Crippen LogP contribution in [-0.2, 0) is 16.8 Å². The fourth-order valence-electron chi connectivity index (χ4n) is 2.87. The van der Waals surface area contributed by atoms with Crippen molar-refractivity contribution >= 4 is 5.91 Å². The zero-order chi connectivity index (χ0) is 17.9. The average molecular weight is 335 g/mol. The third-order valence-corrected chi connectivity index (χ3v) is 4.55. The van der Waals surface area contributed by atoms with Crippen LogP contribution in [0.2, 0.25) is 0 Å². The standard InChI is InChI=1S/C19H30FN3O/c1-19(2,3)16-10-15(11-17(20)12-16)13-22-6-8-23(9-7-22)14-18(24)21(4)5/h10-12H,6-9,13-14H2,1-5H3. The third kappa shape index (κ3) is 5.28. The molecule has 0 bridgehead atoms. The summed E-state index contributed by atoms with van der Waals surface area (Å²) in [6, 6.07) is 5.39. The van der Waals surface area contributed by atoms with E-state index in [0.717, 1.165) is 43.9 Å². The van der Waals surface area contributed by atoms with Gasteiger partial charge in [-0.1, -0.05) is 26.8 Å². The molecule has 0 saturated carbocycles. The minimum Gasteiger partial charge on any atom is -0.348 e. The summed E-state index contributed by atoms with van der Waals surface area (Å²) < 4.78 is 13.9. The van der Waals surface area contributed by atoms with Crippen molar-refractivity contribution in [1.82, 2.24) is 14.7 Å². The average Bonchev–Trinajstić information content (AvgIpc) is 2.47. The van der Waals surface area contributed by atoms with E-state index in [1.54, 1.807) is 31.1 Å². The smallest absolute Gasteiger partial charge is 0.236 e. The summed E-state index contributed by atoms with van der Waals surface area (Å²) in [6.45, 7) is 11.1. The summed E-state index contributed by atoms with van der Waals surface area (Å²) in [5.41, 5.74) is 2.01. The lowest BCUT2D eigenvalue weighted by Gasteiger charge is -2.35. The number of likely N-dealkylation sites (N-methyl/N-ethyl adjacent to an activating group) is 1. The summed E-state index contributed by atoms with van der Waals surface area (Å²) in [5, 5.41) is 0. The van der Waals surface area contributed by atoms with Crippen molar-refractivity contribution in [3.05, 3.63) is 35.1 Å². The lowest BCUT2D eigenvalue weighted by molar-refractivity contribution is -0.130. The van der Waals surface area contributed by atoms with Gasteiger partial charge in [0.1, 0.15) is 5.82 Å². The molecule has 1 heterocycles. The zero-order valence-electron chi connectivity index (χ0n) is 15.6. The van der Waals surface area contributed by atoms with E-state index in [2.05, 4.69) is 36.6 Å². The van der Waals surface area contributed by atoms with Crippen LogP contribution in [-0.4, -0.2) is 67.4 Å². The van der Waals surface area contributed by atoms with Crippen LogP contribution >= 0.6 is 0 Å². The molecule has 24 heavy (non-hydrogen) atoms. The molecule has 1 aliphatic rings. The van der Waals surface area contributed by atoms with Gasteiger partial charge in [-0.15, -0.1) is 0 Å². The molecule has 5 heteroatoms. The first-order valence-corrected chi connectivity index (χ1v) is 8.60. The first-order valence-electron chi connectivity index (χ1n) is 8.60. The molecule has 1 aromatic carbocycles. The van der Waals surface area contributed by atoms with Gasteiger partial charge in [-0.3, -0.25) is 14.6 Å².